The van der Waals surface area contributed by atoms with Crippen LogP contribution >= 0.6 is 0 Å². The molecule has 6 heteroatoms. The van der Waals surface area contributed by atoms with Gasteiger partial charge in [-0.1, -0.05) is 0 Å². The van der Waals surface area contributed by atoms with Crippen molar-refractivity contribution in [1.29, 1.82) is 0 Å². The summed E-state index contributed by atoms with van der Waals surface area (Å²) >= 11 is 0. The fourth-order valence-corrected chi connectivity index (χ4v) is 3.59. The van der Waals surface area contributed by atoms with Crippen molar-refractivity contribution in [3.05, 3.63) is 23.0 Å². The minimum absolute atomic E-state index is 0.537. The third kappa shape index (κ3) is 2.36. The summed E-state index contributed by atoms with van der Waals surface area (Å²) < 4.78 is 7.29. The second-order valence-corrected chi connectivity index (χ2v) is 6.14. The molecule has 1 fully saturated rings. The lowest BCUT2D eigenvalue weighted by molar-refractivity contribution is 0.181. The smallest absolute Gasteiger partial charge is 0.157 e. The number of nitrogens with zero attached hydrogens (tertiary/aromatic N) is 4. The number of rotatable bonds is 3. The van der Waals surface area contributed by atoms with Crippen LogP contribution < -0.4 is 10.2 Å². The van der Waals surface area contributed by atoms with Crippen LogP contribution in [-0.4, -0.2) is 47.9 Å². The highest BCUT2D eigenvalue weighted by Gasteiger charge is 2.24. The van der Waals surface area contributed by atoms with Gasteiger partial charge in [-0.25, -0.2) is 4.98 Å². The van der Waals surface area contributed by atoms with Gasteiger partial charge in [-0.3, -0.25) is 0 Å². The highest BCUT2D eigenvalue weighted by molar-refractivity contribution is 5.58. The number of anilines is 1. The summed E-state index contributed by atoms with van der Waals surface area (Å²) in [7, 11) is 1.71. The van der Waals surface area contributed by atoms with Gasteiger partial charge in [0.2, 0.25) is 0 Å². The van der Waals surface area contributed by atoms with Crippen LogP contribution in [0.15, 0.2) is 6.07 Å². The van der Waals surface area contributed by atoms with Gasteiger partial charge in [0.25, 0.3) is 0 Å². The van der Waals surface area contributed by atoms with E-state index in [1.165, 1.54) is 29.9 Å². The number of hydrogen-bond donors (Lipinski definition) is 1. The standard InChI is InChI=1S/C16H23N5O/c1-22-11-12-10-15-18-14-5-3-2-4-13(14)16(21(15)19-12)20-8-6-17-7-9-20/h10,17H,2-9,11H2,1H3. The first kappa shape index (κ1) is 14.0. The molecule has 118 valence electrons. The molecule has 1 N–H and O–H groups in total. The van der Waals surface area contributed by atoms with Crippen LogP contribution in [0.3, 0.4) is 0 Å². The summed E-state index contributed by atoms with van der Waals surface area (Å²) in [5, 5.41) is 8.18. The SMILES string of the molecule is COCc1cc2nc3c(c(N4CCNCC4)n2n1)CCCC3. The molecule has 0 radical (unpaired) electrons. The van der Waals surface area contributed by atoms with E-state index in [1.807, 2.05) is 4.52 Å². The van der Waals surface area contributed by atoms with Gasteiger partial charge < -0.3 is 15.0 Å². The van der Waals surface area contributed by atoms with Crippen LogP contribution in [0.4, 0.5) is 5.82 Å². The van der Waals surface area contributed by atoms with Crippen molar-refractivity contribution in [3.8, 4) is 0 Å². The molecule has 0 bridgehead atoms. The van der Waals surface area contributed by atoms with Crippen molar-refractivity contribution in [2.75, 3.05) is 38.2 Å². The van der Waals surface area contributed by atoms with Crippen molar-refractivity contribution < 1.29 is 4.74 Å². The van der Waals surface area contributed by atoms with Crippen molar-refractivity contribution >= 4 is 11.5 Å². The van der Waals surface area contributed by atoms with E-state index in [0.29, 0.717) is 6.61 Å². The van der Waals surface area contributed by atoms with Gasteiger partial charge in [-0.15, -0.1) is 0 Å². The predicted octanol–water partition coefficient (Wildman–Crippen LogP) is 1.16. The Hall–Kier alpha value is -1.66. The molecule has 0 saturated carbocycles. The maximum absolute atomic E-state index is 5.24. The zero-order valence-corrected chi connectivity index (χ0v) is 13.1. The molecule has 3 heterocycles. The third-order valence-electron chi connectivity index (χ3n) is 4.61. The van der Waals surface area contributed by atoms with Gasteiger partial charge in [0.05, 0.1) is 12.3 Å². The van der Waals surface area contributed by atoms with Crippen LogP contribution in [0.25, 0.3) is 5.65 Å². The van der Waals surface area contributed by atoms with Crippen LogP contribution in [0.2, 0.25) is 0 Å². The van der Waals surface area contributed by atoms with E-state index in [0.717, 1.165) is 50.4 Å². The average Bonchev–Trinajstić information content (AvgIpc) is 2.95. The summed E-state index contributed by atoms with van der Waals surface area (Å²) in [6, 6.07) is 2.06. The molecule has 2 aromatic rings. The third-order valence-corrected chi connectivity index (χ3v) is 4.61. The maximum Gasteiger partial charge on any atom is 0.157 e. The second kappa shape index (κ2) is 5.85. The fraction of sp³-hybridized carbons (Fsp3) is 0.625. The minimum Gasteiger partial charge on any atom is -0.378 e. The van der Waals surface area contributed by atoms with Crippen LogP contribution in [0.1, 0.15) is 29.8 Å². The van der Waals surface area contributed by atoms with E-state index in [1.54, 1.807) is 7.11 Å². The highest BCUT2D eigenvalue weighted by Crippen LogP contribution is 2.30. The topological polar surface area (TPSA) is 54.7 Å². The van der Waals surface area contributed by atoms with Gasteiger partial charge in [0.1, 0.15) is 5.82 Å². The number of hydrogen-bond acceptors (Lipinski definition) is 5. The predicted molar refractivity (Wildman–Crippen MR) is 85.4 cm³/mol. The molecule has 0 spiro atoms. The van der Waals surface area contributed by atoms with E-state index < -0.39 is 0 Å². The van der Waals surface area contributed by atoms with Gasteiger partial charge in [0, 0.05) is 50.6 Å². The van der Waals surface area contributed by atoms with Gasteiger partial charge in [0.15, 0.2) is 5.65 Å². The zero-order chi connectivity index (χ0) is 14.9. The molecule has 6 nitrogen and oxygen atoms in total. The van der Waals surface area contributed by atoms with E-state index in [-0.39, 0.29) is 0 Å². The lowest BCUT2D eigenvalue weighted by Gasteiger charge is -2.32. The molecule has 2 aliphatic rings. The second-order valence-electron chi connectivity index (χ2n) is 6.14. The molecular formula is C16H23N5O. The Labute approximate surface area is 130 Å². The summed E-state index contributed by atoms with van der Waals surface area (Å²) in [5.41, 5.74) is 4.60. The Morgan fingerprint density at radius 3 is 2.86 bits per heavy atom. The largest absolute Gasteiger partial charge is 0.378 e. The first-order valence-corrected chi connectivity index (χ1v) is 8.22. The van der Waals surface area contributed by atoms with E-state index in [9.17, 15) is 0 Å². The maximum atomic E-state index is 5.24. The molecule has 4 rings (SSSR count). The molecule has 1 saturated heterocycles. The summed E-state index contributed by atoms with van der Waals surface area (Å²) in [4.78, 5) is 7.35. The first-order valence-electron chi connectivity index (χ1n) is 8.22. The van der Waals surface area contributed by atoms with Gasteiger partial charge in [-0.2, -0.15) is 9.61 Å². The van der Waals surface area contributed by atoms with Crippen LogP contribution in [0.5, 0.6) is 0 Å². The highest BCUT2D eigenvalue weighted by atomic mass is 16.5. The van der Waals surface area contributed by atoms with E-state index >= 15 is 0 Å². The Kier molecular flexibility index (Phi) is 3.72. The van der Waals surface area contributed by atoms with Crippen molar-refractivity contribution in [1.82, 2.24) is 19.9 Å². The number of methoxy groups -OCH3 is 1. The Balaban J connectivity index is 1.88. The lowest BCUT2D eigenvalue weighted by Crippen LogP contribution is -2.45. The molecule has 1 aliphatic heterocycles. The molecule has 0 unspecified atom stereocenters. The molecule has 1 aliphatic carbocycles. The van der Waals surface area contributed by atoms with E-state index in [2.05, 4.69) is 16.3 Å². The minimum atomic E-state index is 0.537. The zero-order valence-electron chi connectivity index (χ0n) is 13.1. The number of nitrogens with one attached hydrogen (secondary N) is 1. The number of piperazine rings is 1. The first-order chi connectivity index (χ1) is 10.9. The lowest BCUT2D eigenvalue weighted by atomic mass is 9.96. The van der Waals surface area contributed by atoms with E-state index in [4.69, 9.17) is 14.8 Å². The fourth-order valence-electron chi connectivity index (χ4n) is 3.59. The molecule has 0 aromatic carbocycles. The number of aryl methyl sites for hydroxylation is 1. The number of aromatic nitrogens is 3. The Morgan fingerprint density at radius 2 is 2.05 bits per heavy atom. The normalized spacial score (nSPS) is 18.7. The molecule has 0 atom stereocenters. The summed E-state index contributed by atoms with van der Waals surface area (Å²) in [5.74, 6) is 1.27. The summed E-state index contributed by atoms with van der Waals surface area (Å²) in [6.07, 6.45) is 4.72. The quantitative estimate of drug-likeness (QED) is 0.922. The monoisotopic (exact) mass is 301 g/mol. The van der Waals surface area contributed by atoms with Crippen molar-refractivity contribution in [3.63, 3.8) is 0 Å². The van der Waals surface area contributed by atoms with Crippen LogP contribution in [0, 0.1) is 0 Å². The summed E-state index contributed by atoms with van der Waals surface area (Å²) in [6.45, 7) is 4.67. The van der Waals surface area contributed by atoms with Gasteiger partial charge in [-0.05, 0) is 25.7 Å². The molecule has 22 heavy (non-hydrogen) atoms. The average molecular weight is 301 g/mol. The molecule has 2 aromatic heterocycles. The molecule has 0 amide bonds. The molecular weight excluding hydrogens is 278 g/mol. The van der Waals surface area contributed by atoms with Crippen LogP contribution in [-0.2, 0) is 24.2 Å². The number of fused-ring (bicyclic) bond motifs is 2. The van der Waals surface area contributed by atoms with Crippen molar-refractivity contribution in [2.24, 2.45) is 0 Å². The van der Waals surface area contributed by atoms with Crippen molar-refractivity contribution in [2.45, 2.75) is 32.3 Å². The van der Waals surface area contributed by atoms with Gasteiger partial charge >= 0.3 is 0 Å². The Bertz CT molecular complexity index is 675. The Morgan fingerprint density at radius 1 is 1.23 bits per heavy atom. The number of ether oxygens (including phenoxy) is 1.